The first-order chi connectivity index (χ1) is 16.4. The number of benzene rings is 2. The van der Waals surface area contributed by atoms with E-state index in [1.165, 1.54) is 12.1 Å². The van der Waals surface area contributed by atoms with Crippen LogP contribution in [0.4, 0.5) is 4.39 Å². The molecule has 2 aromatic carbocycles. The number of hydrogen-bond donors (Lipinski definition) is 0. The third kappa shape index (κ3) is 5.13. The number of ether oxygens (including phenoxy) is 2. The third-order valence-corrected chi connectivity index (χ3v) is 6.62. The van der Waals surface area contributed by atoms with Crippen molar-refractivity contribution < 1.29 is 23.5 Å². The smallest absolute Gasteiger partial charge is 0.315 e. The Morgan fingerprint density at radius 2 is 1.88 bits per heavy atom. The van der Waals surface area contributed by atoms with E-state index >= 15 is 0 Å². The zero-order valence-corrected chi connectivity index (χ0v) is 20.0. The number of rotatable bonds is 7. The van der Waals surface area contributed by atoms with Gasteiger partial charge in [-0.2, -0.15) is 0 Å². The number of halogens is 2. The second kappa shape index (κ2) is 10.6. The lowest BCUT2D eigenvalue weighted by atomic mass is 9.69. The summed E-state index contributed by atoms with van der Waals surface area (Å²) in [5.74, 6) is -2.50. The van der Waals surface area contributed by atoms with Crippen molar-refractivity contribution in [3.8, 4) is 0 Å². The highest BCUT2D eigenvalue weighted by Gasteiger charge is 2.44. The first-order valence-corrected chi connectivity index (χ1v) is 11.8. The second-order valence-corrected chi connectivity index (χ2v) is 9.00. The molecule has 0 amide bonds. The van der Waals surface area contributed by atoms with Crippen LogP contribution >= 0.6 is 11.6 Å². The number of nitrogens with zero attached hydrogens (tertiary/aromatic N) is 1. The van der Waals surface area contributed by atoms with E-state index < -0.39 is 23.6 Å². The number of aliphatic imine (C=N–C) groups is 1. The molecule has 0 saturated heterocycles. The maximum atomic E-state index is 14.2. The summed E-state index contributed by atoms with van der Waals surface area (Å²) in [6, 6.07) is 13.5. The molecule has 0 bridgehead atoms. The molecule has 7 heteroatoms. The van der Waals surface area contributed by atoms with Gasteiger partial charge in [0, 0.05) is 41.0 Å². The van der Waals surface area contributed by atoms with Crippen LogP contribution in [0.25, 0.3) is 0 Å². The number of esters is 1. The predicted molar refractivity (Wildman–Crippen MR) is 129 cm³/mol. The molecule has 0 spiro atoms. The van der Waals surface area contributed by atoms with Crippen molar-refractivity contribution in [2.45, 2.75) is 38.5 Å². The van der Waals surface area contributed by atoms with Crippen molar-refractivity contribution in [1.29, 1.82) is 0 Å². The Labute approximate surface area is 203 Å². The normalized spacial score (nSPS) is 22.3. The Hall–Kier alpha value is -2.83. The summed E-state index contributed by atoms with van der Waals surface area (Å²) in [6.07, 6.45) is 0.838. The molecule has 4 rings (SSSR count). The number of hydrogen-bond acceptors (Lipinski definition) is 5. The zero-order chi connectivity index (χ0) is 24.2. The van der Waals surface area contributed by atoms with Gasteiger partial charge in [0.05, 0.1) is 6.61 Å². The summed E-state index contributed by atoms with van der Waals surface area (Å²) in [5.41, 5.74) is 3.26. The van der Waals surface area contributed by atoms with Gasteiger partial charge in [-0.25, -0.2) is 4.39 Å². The van der Waals surface area contributed by atoms with Crippen molar-refractivity contribution >= 4 is 29.1 Å². The molecule has 2 aliphatic rings. The lowest BCUT2D eigenvalue weighted by Crippen LogP contribution is -2.38. The largest absolute Gasteiger partial charge is 0.463 e. The van der Waals surface area contributed by atoms with Gasteiger partial charge in [-0.05, 0) is 61.6 Å². The molecular formula is C27H27ClFNO4. The Balaban J connectivity index is 1.71. The molecule has 0 aromatic heterocycles. The molecule has 5 nitrogen and oxygen atoms in total. The highest BCUT2D eigenvalue weighted by atomic mass is 35.5. The number of carbonyl (C=O) groups excluding carboxylic acids is 2. The summed E-state index contributed by atoms with van der Waals surface area (Å²) >= 11 is 6.03. The molecule has 3 atom stereocenters. The maximum absolute atomic E-state index is 14.2. The van der Waals surface area contributed by atoms with Crippen molar-refractivity contribution in [3.63, 3.8) is 0 Å². The van der Waals surface area contributed by atoms with Crippen LogP contribution in [-0.2, 0) is 19.1 Å². The van der Waals surface area contributed by atoms with E-state index in [0.29, 0.717) is 40.6 Å². The molecule has 1 aliphatic carbocycles. The van der Waals surface area contributed by atoms with Gasteiger partial charge in [-0.3, -0.25) is 14.6 Å². The van der Waals surface area contributed by atoms with E-state index in [1.807, 2.05) is 31.2 Å². The summed E-state index contributed by atoms with van der Waals surface area (Å²) < 4.78 is 24.9. The topological polar surface area (TPSA) is 65.0 Å². The van der Waals surface area contributed by atoms with Crippen molar-refractivity contribution in [3.05, 3.63) is 81.8 Å². The molecular weight excluding hydrogens is 457 g/mol. The molecule has 1 aliphatic heterocycles. The van der Waals surface area contributed by atoms with E-state index in [0.717, 1.165) is 5.56 Å². The Bertz CT molecular complexity index is 1140. The molecule has 1 heterocycles. The van der Waals surface area contributed by atoms with Crippen LogP contribution in [0.3, 0.4) is 0 Å². The van der Waals surface area contributed by atoms with Crippen molar-refractivity contribution in [2.24, 2.45) is 10.9 Å². The van der Waals surface area contributed by atoms with Gasteiger partial charge in [0.2, 0.25) is 0 Å². The fourth-order valence-corrected chi connectivity index (χ4v) is 4.96. The molecule has 0 N–H and O–H groups in total. The van der Waals surface area contributed by atoms with Crippen LogP contribution < -0.4 is 0 Å². The van der Waals surface area contributed by atoms with Crippen molar-refractivity contribution in [1.82, 2.24) is 0 Å². The fraction of sp³-hybridized carbons (Fsp3) is 0.370. The molecule has 0 saturated carbocycles. The van der Waals surface area contributed by atoms with Crippen LogP contribution in [-0.4, -0.2) is 37.3 Å². The maximum Gasteiger partial charge on any atom is 0.315 e. The number of ketones is 1. The van der Waals surface area contributed by atoms with Crippen LogP contribution in [0.2, 0.25) is 5.02 Å². The molecule has 0 radical (unpaired) electrons. The highest BCUT2D eigenvalue weighted by Crippen LogP contribution is 2.47. The molecule has 2 aromatic rings. The zero-order valence-electron chi connectivity index (χ0n) is 19.2. The predicted octanol–water partition coefficient (Wildman–Crippen LogP) is 5.63. The Morgan fingerprint density at radius 3 is 2.59 bits per heavy atom. The minimum atomic E-state index is -0.807. The molecule has 34 heavy (non-hydrogen) atoms. The number of Topliss-reactive ketones (excluding diaryl/α,β-unsaturated/α-hetero) is 1. The number of allylic oxidation sites excluding steroid dienone is 2. The van der Waals surface area contributed by atoms with Crippen LogP contribution in [0.1, 0.15) is 49.7 Å². The van der Waals surface area contributed by atoms with E-state index in [-0.39, 0.29) is 31.3 Å². The van der Waals surface area contributed by atoms with Gasteiger partial charge in [-0.15, -0.1) is 0 Å². The summed E-state index contributed by atoms with van der Waals surface area (Å²) in [4.78, 5) is 31.4. The van der Waals surface area contributed by atoms with Gasteiger partial charge in [-0.1, -0.05) is 35.9 Å². The number of carbonyl (C=O) groups is 2. The monoisotopic (exact) mass is 483 g/mol. The fourth-order valence-electron chi connectivity index (χ4n) is 4.83. The van der Waals surface area contributed by atoms with Gasteiger partial charge < -0.3 is 9.47 Å². The minimum Gasteiger partial charge on any atom is -0.463 e. The lowest BCUT2D eigenvalue weighted by Gasteiger charge is -2.36. The van der Waals surface area contributed by atoms with Gasteiger partial charge >= 0.3 is 5.97 Å². The first-order valence-electron chi connectivity index (χ1n) is 11.5. The standard InChI is InChI=1S/C27H27ClFNO4/c1-3-33-11-12-34-27(32)24-16(2)30-22-14-19(17-7-9-20(28)10-8-17)15-23(31)26(22)25(24)18-5-4-6-21(29)13-18/h4-10,13,19,24-25H,3,11-12,14-15H2,1-2H3/t19-,24?,25-/m1/s1. The molecule has 1 unspecified atom stereocenters. The van der Waals surface area contributed by atoms with E-state index in [1.54, 1.807) is 19.1 Å². The molecule has 178 valence electrons. The SMILES string of the molecule is CCOCCOC(=O)C1C(C)=NC2=C(C(=O)C[C@H](c3ccc(Cl)cc3)C2)[C@@H]1c1cccc(F)c1. The van der Waals surface area contributed by atoms with E-state index in [9.17, 15) is 14.0 Å². The first kappa shape index (κ1) is 24.3. The average molecular weight is 484 g/mol. The van der Waals surface area contributed by atoms with E-state index in [4.69, 9.17) is 26.1 Å². The van der Waals surface area contributed by atoms with Crippen LogP contribution in [0.15, 0.2) is 64.8 Å². The van der Waals surface area contributed by atoms with Gasteiger partial charge in [0.15, 0.2) is 5.78 Å². The second-order valence-electron chi connectivity index (χ2n) is 8.57. The highest BCUT2D eigenvalue weighted by molar-refractivity contribution is 6.30. The summed E-state index contributed by atoms with van der Waals surface area (Å²) in [7, 11) is 0. The third-order valence-electron chi connectivity index (χ3n) is 6.37. The Morgan fingerprint density at radius 1 is 1.12 bits per heavy atom. The summed E-state index contributed by atoms with van der Waals surface area (Å²) in [6.45, 7) is 4.53. The van der Waals surface area contributed by atoms with Crippen LogP contribution in [0, 0.1) is 11.7 Å². The van der Waals surface area contributed by atoms with Crippen LogP contribution in [0.5, 0.6) is 0 Å². The van der Waals surface area contributed by atoms with Crippen molar-refractivity contribution in [2.75, 3.05) is 19.8 Å². The molecule has 0 fully saturated rings. The Kier molecular flexibility index (Phi) is 7.59. The quantitative estimate of drug-likeness (QED) is 0.378. The average Bonchev–Trinajstić information content (AvgIpc) is 2.81. The van der Waals surface area contributed by atoms with Gasteiger partial charge in [0.25, 0.3) is 0 Å². The lowest BCUT2D eigenvalue weighted by molar-refractivity contribution is -0.148. The summed E-state index contributed by atoms with van der Waals surface area (Å²) in [5, 5.41) is 0.634. The van der Waals surface area contributed by atoms with Gasteiger partial charge in [0.1, 0.15) is 18.3 Å². The minimum absolute atomic E-state index is 0.0390. The van der Waals surface area contributed by atoms with E-state index in [2.05, 4.69) is 0 Å².